The largest absolute Gasteiger partial charge is 0.404 e. The first-order chi connectivity index (χ1) is 23.7. The van der Waals surface area contributed by atoms with Crippen LogP contribution in [0.3, 0.4) is 0 Å². The van der Waals surface area contributed by atoms with Crippen molar-refractivity contribution >= 4 is 29.2 Å². The zero-order valence-electron chi connectivity index (χ0n) is 27.4. The minimum Gasteiger partial charge on any atom is -0.404 e. The minimum atomic E-state index is -2.58. The third-order valence-corrected chi connectivity index (χ3v) is 7.68. The number of rotatable bonds is 11. The van der Waals surface area contributed by atoms with Crippen molar-refractivity contribution in [1.82, 2.24) is 30.2 Å². The predicted molar refractivity (Wildman–Crippen MR) is 182 cm³/mol. The summed E-state index contributed by atoms with van der Waals surface area (Å²) >= 11 is 0. The lowest BCUT2D eigenvalue weighted by molar-refractivity contribution is -0.129. The summed E-state index contributed by atoms with van der Waals surface area (Å²) in [5, 5.41) is 9.34. The number of para-hydroxylation sites is 1. The van der Waals surface area contributed by atoms with Crippen LogP contribution in [0.15, 0.2) is 102 Å². The number of carbonyl (C=O) groups is 3. The van der Waals surface area contributed by atoms with Crippen molar-refractivity contribution in [2.75, 3.05) is 39.4 Å². The number of aliphatic imine (C=N–C) groups is 1. The summed E-state index contributed by atoms with van der Waals surface area (Å²) < 4.78 is 31.2. The Bertz CT molecular complexity index is 1620. The molecular weight excluding hydrogens is 634 g/mol. The minimum absolute atomic E-state index is 0.0477. The maximum atomic E-state index is 13.0. The fourth-order valence-electron chi connectivity index (χ4n) is 5.14. The van der Waals surface area contributed by atoms with E-state index in [1.54, 1.807) is 6.92 Å². The smallest absolute Gasteiger partial charge is 0.272 e. The number of hydrogen-bond donors (Lipinski definition) is 3. The summed E-state index contributed by atoms with van der Waals surface area (Å²) in [6.45, 7) is 9.74. The van der Waals surface area contributed by atoms with Crippen molar-refractivity contribution < 1.29 is 27.9 Å². The average Bonchev–Trinajstić information content (AvgIpc) is 3.58. The van der Waals surface area contributed by atoms with Gasteiger partial charge in [0.2, 0.25) is 5.91 Å². The van der Waals surface area contributed by atoms with E-state index in [4.69, 9.17) is 10.5 Å². The van der Waals surface area contributed by atoms with Crippen molar-refractivity contribution in [3.63, 3.8) is 0 Å². The zero-order chi connectivity index (χ0) is 35.2. The number of likely N-dealkylation sites (N-methyl/N-ethyl adjacent to an activating group) is 1. The summed E-state index contributed by atoms with van der Waals surface area (Å²) in [5.41, 5.74) is 8.71. The molecule has 1 aromatic heterocycles. The molecule has 2 fully saturated rings. The zero-order valence-corrected chi connectivity index (χ0v) is 27.4. The van der Waals surface area contributed by atoms with Gasteiger partial charge in [0.25, 0.3) is 18.2 Å². The molecule has 4 N–H and O–H groups in total. The summed E-state index contributed by atoms with van der Waals surface area (Å²) in [4.78, 5) is 45.6. The van der Waals surface area contributed by atoms with E-state index in [1.807, 2.05) is 60.7 Å². The molecule has 1 atom stereocenters. The molecule has 14 heteroatoms. The van der Waals surface area contributed by atoms with Crippen LogP contribution in [0.5, 0.6) is 0 Å². The second kappa shape index (κ2) is 18.4. The number of amidine groups is 1. The number of likely N-dealkylation sites (tertiary alicyclic amines) is 1. The molecule has 12 nitrogen and oxygen atoms in total. The van der Waals surface area contributed by atoms with E-state index >= 15 is 0 Å². The first kappa shape index (κ1) is 36.6. The van der Waals surface area contributed by atoms with E-state index in [-0.39, 0.29) is 23.9 Å². The third kappa shape index (κ3) is 10.9. The highest BCUT2D eigenvalue weighted by Gasteiger charge is 2.36. The van der Waals surface area contributed by atoms with Gasteiger partial charge in [0.05, 0.1) is 18.9 Å². The van der Waals surface area contributed by atoms with Gasteiger partial charge in [0, 0.05) is 62.7 Å². The summed E-state index contributed by atoms with van der Waals surface area (Å²) in [6, 6.07) is 19.5. The molecule has 2 aliphatic rings. The Balaban J connectivity index is 0.000000244. The van der Waals surface area contributed by atoms with Crippen LogP contribution in [0.25, 0.3) is 0 Å². The lowest BCUT2D eigenvalue weighted by atomic mass is 9.98. The molecule has 2 aromatic carbocycles. The van der Waals surface area contributed by atoms with Gasteiger partial charge in [-0.25, -0.2) is 13.8 Å². The molecule has 3 amide bonds. The molecule has 49 heavy (non-hydrogen) atoms. The number of halogens is 2. The van der Waals surface area contributed by atoms with Gasteiger partial charge >= 0.3 is 0 Å². The Labute approximate surface area is 284 Å². The van der Waals surface area contributed by atoms with E-state index in [1.165, 1.54) is 23.4 Å². The van der Waals surface area contributed by atoms with Gasteiger partial charge in [-0.15, -0.1) is 0 Å². The lowest BCUT2D eigenvalue weighted by Gasteiger charge is -2.34. The molecule has 3 heterocycles. The number of benzene rings is 2. The molecule has 0 bridgehead atoms. The number of aromatic nitrogens is 2. The standard InChI is InChI=1S/C20H22F2N6O2.C15H20N2O2/c1-2-28-18(24-14-6-4-3-5-7-14)13(11-23)10-16(20(28)30)25-19(29)15-8-9-27(26-15)12-17(21)22;1-13(12-17-7-9-19-10-8-17)15(18)16-11-14-5-3-2-4-6-14/h3-9,11,16-17H,2,10,12,23H2,1H3,(H,25,29);2-6H,1,7-12H2,(H,16,18)/b13-11-,24-18?;. The molecule has 0 aliphatic carbocycles. The molecule has 0 spiro atoms. The number of alkyl halides is 2. The Hall–Kier alpha value is -5.21. The van der Waals surface area contributed by atoms with Crippen molar-refractivity contribution in [3.8, 4) is 0 Å². The number of morpholine rings is 1. The molecule has 0 saturated carbocycles. The Morgan fingerprint density at radius 1 is 1.10 bits per heavy atom. The topological polar surface area (TPSA) is 147 Å². The van der Waals surface area contributed by atoms with Crippen molar-refractivity contribution in [1.29, 1.82) is 0 Å². The molecule has 2 aliphatic heterocycles. The normalized spacial score (nSPS) is 18.2. The monoisotopic (exact) mass is 676 g/mol. The maximum absolute atomic E-state index is 13.0. The number of nitrogens with zero attached hydrogens (tertiary/aromatic N) is 5. The van der Waals surface area contributed by atoms with Crippen LogP contribution in [0.1, 0.15) is 29.4 Å². The number of hydrogen-bond acceptors (Lipinski definition) is 8. The number of amides is 3. The van der Waals surface area contributed by atoms with Crippen molar-refractivity contribution in [2.45, 2.75) is 38.9 Å². The number of carbonyl (C=O) groups excluding carboxylic acids is 3. The first-order valence-electron chi connectivity index (χ1n) is 16.0. The van der Waals surface area contributed by atoms with Crippen LogP contribution in [-0.4, -0.2) is 95.0 Å². The van der Waals surface area contributed by atoms with Gasteiger partial charge in [-0.2, -0.15) is 5.10 Å². The molecule has 3 aromatic rings. The van der Waals surface area contributed by atoms with Gasteiger partial charge in [-0.05, 0) is 30.7 Å². The lowest BCUT2D eigenvalue weighted by Crippen LogP contribution is -2.55. The molecule has 5 rings (SSSR count). The van der Waals surface area contributed by atoms with Crippen molar-refractivity contribution in [3.05, 3.63) is 108 Å². The highest BCUT2D eigenvalue weighted by molar-refractivity contribution is 6.13. The van der Waals surface area contributed by atoms with Gasteiger partial charge in [-0.3, -0.25) is 28.9 Å². The maximum Gasteiger partial charge on any atom is 0.272 e. The molecular formula is C35H42F2N8O4. The van der Waals surface area contributed by atoms with Gasteiger partial charge in [0.1, 0.15) is 24.1 Å². The highest BCUT2D eigenvalue weighted by Crippen LogP contribution is 2.23. The van der Waals surface area contributed by atoms with Crippen LogP contribution in [0, 0.1) is 0 Å². The van der Waals surface area contributed by atoms with E-state index in [9.17, 15) is 23.2 Å². The van der Waals surface area contributed by atoms with E-state index in [0.717, 1.165) is 36.5 Å². The quantitative estimate of drug-likeness (QED) is 0.264. The van der Waals surface area contributed by atoms with Crippen LogP contribution in [0.2, 0.25) is 0 Å². The fourth-order valence-corrected chi connectivity index (χ4v) is 5.14. The van der Waals surface area contributed by atoms with E-state index in [0.29, 0.717) is 42.3 Å². The predicted octanol–water partition coefficient (Wildman–Crippen LogP) is 3.26. The van der Waals surface area contributed by atoms with Gasteiger partial charge < -0.3 is 21.1 Å². The number of ether oxygens (including phenoxy) is 1. The van der Waals surface area contributed by atoms with Gasteiger partial charge in [-0.1, -0.05) is 55.1 Å². The second-order valence-electron chi connectivity index (χ2n) is 11.2. The third-order valence-electron chi connectivity index (χ3n) is 7.68. The number of nitrogens with one attached hydrogen (secondary N) is 2. The fraction of sp³-hybridized carbons (Fsp3) is 0.343. The summed E-state index contributed by atoms with van der Waals surface area (Å²) in [6.07, 6.45) is 0.227. The van der Waals surface area contributed by atoms with Crippen molar-refractivity contribution in [2.24, 2.45) is 10.7 Å². The Morgan fingerprint density at radius 3 is 2.41 bits per heavy atom. The van der Waals surface area contributed by atoms with Gasteiger partial charge in [0.15, 0.2) is 0 Å². The summed E-state index contributed by atoms with van der Waals surface area (Å²) in [5.74, 6) is -0.603. The highest BCUT2D eigenvalue weighted by atomic mass is 19.3. The van der Waals surface area contributed by atoms with E-state index in [2.05, 4.69) is 32.2 Å². The SMILES string of the molecule is C=C(CN1CCOCC1)C(=O)NCc1ccccc1.CCN1C(=O)C(NC(=O)c2ccn(CC(F)F)n2)C/C(=C/N)C1=Nc1ccccc1. The molecule has 2 saturated heterocycles. The summed E-state index contributed by atoms with van der Waals surface area (Å²) in [7, 11) is 0. The van der Waals surface area contributed by atoms with Crippen LogP contribution in [0.4, 0.5) is 14.5 Å². The average molecular weight is 677 g/mol. The number of nitrogens with two attached hydrogens (primary N) is 1. The Morgan fingerprint density at radius 2 is 1.78 bits per heavy atom. The molecule has 0 radical (unpaired) electrons. The molecule has 260 valence electrons. The first-order valence-corrected chi connectivity index (χ1v) is 16.0. The number of piperidine rings is 1. The van der Waals surface area contributed by atoms with Crippen LogP contribution >= 0.6 is 0 Å². The van der Waals surface area contributed by atoms with E-state index < -0.39 is 24.9 Å². The Kier molecular flexibility index (Phi) is 13.7. The van der Waals surface area contributed by atoms with Crippen LogP contribution in [-0.2, 0) is 27.4 Å². The molecule has 1 unspecified atom stereocenters. The second-order valence-corrected chi connectivity index (χ2v) is 11.2. The van der Waals surface area contributed by atoms with Crippen LogP contribution < -0.4 is 16.4 Å².